The van der Waals surface area contributed by atoms with Crippen molar-refractivity contribution >= 4 is 5.69 Å². The molecule has 0 heterocycles. The van der Waals surface area contributed by atoms with Crippen LogP contribution in [0.1, 0.15) is 12.0 Å². The lowest BCUT2D eigenvalue weighted by Gasteiger charge is -2.15. The highest BCUT2D eigenvalue weighted by molar-refractivity contribution is 5.58. The third-order valence-corrected chi connectivity index (χ3v) is 2.46. The van der Waals surface area contributed by atoms with Crippen LogP contribution in [0, 0.1) is 0 Å². The average molecular weight is 237 g/mol. The molecule has 0 saturated heterocycles. The third kappa shape index (κ3) is 4.63. The summed E-state index contributed by atoms with van der Waals surface area (Å²) < 4.78 is 5.33. The van der Waals surface area contributed by atoms with Crippen molar-refractivity contribution < 1.29 is 4.74 Å². The molecule has 1 aromatic carbocycles. The fourth-order valence-corrected chi connectivity index (χ4v) is 1.68. The molecule has 0 unspecified atom stereocenters. The Balaban J connectivity index is 2.75. The molecule has 0 radical (unpaired) electrons. The van der Waals surface area contributed by atoms with E-state index < -0.39 is 0 Å². The molecular formula is C13H23N3O. The van der Waals surface area contributed by atoms with E-state index in [0.717, 1.165) is 30.9 Å². The third-order valence-electron chi connectivity index (χ3n) is 2.46. The lowest BCUT2D eigenvalue weighted by Crippen LogP contribution is -2.12. The first-order valence-corrected chi connectivity index (χ1v) is 5.93. The molecule has 1 aromatic rings. The van der Waals surface area contributed by atoms with Gasteiger partial charge in [0.1, 0.15) is 5.75 Å². The number of nitrogens with zero attached hydrogens (tertiary/aromatic N) is 1. The van der Waals surface area contributed by atoms with Gasteiger partial charge in [0.15, 0.2) is 0 Å². The van der Waals surface area contributed by atoms with Crippen molar-refractivity contribution in [2.75, 3.05) is 39.6 Å². The fourth-order valence-electron chi connectivity index (χ4n) is 1.68. The van der Waals surface area contributed by atoms with E-state index in [2.05, 4.69) is 36.4 Å². The Labute approximate surface area is 104 Å². The summed E-state index contributed by atoms with van der Waals surface area (Å²) in [5, 5.41) is 3.36. The molecule has 0 aliphatic carbocycles. The summed E-state index contributed by atoms with van der Waals surface area (Å²) in [5.74, 6) is 0.879. The summed E-state index contributed by atoms with van der Waals surface area (Å²) in [4.78, 5) is 2.14. The molecule has 0 bridgehead atoms. The van der Waals surface area contributed by atoms with Crippen molar-refractivity contribution in [3.05, 3.63) is 23.8 Å². The molecule has 17 heavy (non-hydrogen) atoms. The molecule has 3 N–H and O–H groups in total. The molecule has 96 valence electrons. The Morgan fingerprint density at radius 2 is 2.12 bits per heavy atom. The Bertz CT molecular complexity index is 339. The van der Waals surface area contributed by atoms with Gasteiger partial charge in [-0.05, 0) is 44.8 Å². The van der Waals surface area contributed by atoms with E-state index in [9.17, 15) is 0 Å². The zero-order chi connectivity index (χ0) is 12.7. The number of rotatable bonds is 7. The highest BCUT2D eigenvalue weighted by Crippen LogP contribution is 2.25. The predicted octanol–water partition coefficient (Wildman–Crippen LogP) is 1.52. The molecule has 0 aromatic heterocycles. The molecule has 0 aliphatic heterocycles. The largest absolute Gasteiger partial charge is 0.495 e. The first-order valence-electron chi connectivity index (χ1n) is 5.93. The molecule has 4 heteroatoms. The van der Waals surface area contributed by atoms with E-state index in [1.165, 1.54) is 5.56 Å². The van der Waals surface area contributed by atoms with Gasteiger partial charge in [-0.25, -0.2) is 0 Å². The van der Waals surface area contributed by atoms with Gasteiger partial charge in [0.05, 0.1) is 12.8 Å². The van der Waals surface area contributed by atoms with Crippen LogP contribution in [-0.4, -0.2) is 39.2 Å². The number of benzene rings is 1. The smallest absolute Gasteiger partial charge is 0.141 e. The molecule has 4 nitrogen and oxygen atoms in total. The minimum absolute atomic E-state index is 0.701. The second-order valence-corrected chi connectivity index (χ2v) is 4.34. The van der Waals surface area contributed by atoms with Gasteiger partial charge in [0.2, 0.25) is 0 Å². The average Bonchev–Trinajstić information content (AvgIpc) is 2.29. The number of anilines is 1. The van der Waals surface area contributed by atoms with E-state index in [-0.39, 0.29) is 0 Å². The van der Waals surface area contributed by atoms with Gasteiger partial charge >= 0.3 is 0 Å². The molecule has 0 amide bonds. The van der Waals surface area contributed by atoms with Crippen LogP contribution in [0.15, 0.2) is 18.2 Å². The van der Waals surface area contributed by atoms with Crippen LogP contribution in [0.5, 0.6) is 5.75 Å². The molecule has 0 fully saturated rings. The van der Waals surface area contributed by atoms with Crippen LogP contribution in [0.2, 0.25) is 0 Å². The summed E-state index contributed by atoms with van der Waals surface area (Å²) in [5.41, 5.74) is 7.79. The van der Waals surface area contributed by atoms with Crippen molar-refractivity contribution in [1.29, 1.82) is 0 Å². The number of hydrogen-bond acceptors (Lipinski definition) is 4. The van der Waals surface area contributed by atoms with Gasteiger partial charge in [-0.2, -0.15) is 0 Å². The molecule has 0 saturated carbocycles. The second-order valence-electron chi connectivity index (χ2n) is 4.34. The van der Waals surface area contributed by atoms with Crippen LogP contribution in [0.3, 0.4) is 0 Å². The topological polar surface area (TPSA) is 50.5 Å². The molecule has 0 spiro atoms. The van der Waals surface area contributed by atoms with Crippen molar-refractivity contribution in [3.63, 3.8) is 0 Å². The second kappa shape index (κ2) is 7.14. The predicted molar refractivity (Wildman–Crippen MR) is 72.5 cm³/mol. The molecule has 1 rings (SSSR count). The first-order chi connectivity index (χ1) is 8.17. The van der Waals surface area contributed by atoms with Crippen LogP contribution < -0.4 is 15.8 Å². The van der Waals surface area contributed by atoms with Gasteiger partial charge in [0, 0.05) is 13.1 Å². The quantitative estimate of drug-likeness (QED) is 0.706. The SMILES string of the molecule is COc1ccc(CN(C)C)cc1NCCCN. The van der Waals surface area contributed by atoms with E-state index in [4.69, 9.17) is 10.5 Å². The standard InChI is InChI=1S/C13H23N3O/c1-16(2)10-11-5-6-13(17-3)12(9-11)15-8-4-7-14/h5-6,9,15H,4,7-8,10,14H2,1-3H3. The van der Waals surface area contributed by atoms with Crippen LogP contribution in [0.25, 0.3) is 0 Å². The number of nitrogens with one attached hydrogen (secondary N) is 1. The normalized spacial score (nSPS) is 10.6. The van der Waals surface area contributed by atoms with Crippen molar-refractivity contribution in [2.24, 2.45) is 5.73 Å². The summed E-state index contributed by atoms with van der Waals surface area (Å²) >= 11 is 0. The van der Waals surface area contributed by atoms with Gasteiger partial charge in [-0.3, -0.25) is 0 Å². The summed E-state index contributed by atoms with van der Waals surface area (Å²) in [6, 6.07) is 6.23. The maximum absolute atomic E-state index is 5.48. The Morgan fingerprint density at radius 1 is 1.35 bits per heavy atom. The summed E-state index contributed by atoms with van der Waals surface area (Å²) in [6.45, 7) is 2.50. The zero-order valence-electron chi connectivity index (χ0n) is 11.0. The minimum atomic E-state index is 0.701. The van der Waals surface area contributed by atoms with Gasteiger partial charge in [0.25, 0.3) is 0 Å². The number of hydrogen-bond donors (Lipinski definition) is 2. The summed E-state index contributed by atoms with van der Waals surface area (Å²) in [7, 11) is 5.81. The Hall–Kier alpha value is -1.26. The maximum Gasteiger partial charge on any atom is 0.141 e. The van der Waals surface area contributed by atoms with E-state index in [1.807, 2.05) is 6.07 Å². The Morgan fingerprint density at radius 3 is 2.71 bits per heavy atom. The van der Waals surface area contributed by atoms with Gasteiger partial charge in [-0.15, -0.1) is 0 Å². The highest BCUT2D eigenvalue weighted by Gasteiger charge is 2.04. The first kappa shape index (κ1) is 13.8. The number of methoxy groups -OCH3 is 1. The lowest BCUT2D eigenvalue weighted by atomic mass is 10.1. The zero-order valence-corrected chi connectivity index (χ0v) is 11.0. The van der Waals surface area contributed by atoms with Crippen LogP contribution in [0.4, 0.5) is 5.69 Å². The highest BCUT2D eigenvalue weighted by atomic mass is 16.5. The fraction of sp³-hybridized carbons (Fsp3) is 0.538. The number of ether oxygens (including phenoxy) is 1. The van der Waals surface area contributed by atoms with E-state index >= 15 is 0 Å². The van der Waals surface area contributed by atoms with E-state index in [1.54, 1.807) is 7.11 Å². The monoisotopic (exact) mass is 237 g/mol. The molecule has 0 aliphatic rings. The number of nitrogens with two attached hydrogens (primary N) is 1. The van der Waals surface area contributed by atoms with Gasteiger partial charge in [-0.1, -0.05) is 6.07 Å². The minimum Gasteiger partial charge on any atom is -0.495 e. The van der Waals surface area contributed by atoms with Crippen LogP contribution >= 0.6 is 0 Å². The lowest BCUT2D eigenvalue weighted by molar-refractivity contribution is 0.400. The van der Waals surface area contributed by atoms with Crippen molar-refractivity contribution in [3.8, 4) is 5.75 Å². The summed E-state index contributed by atoms with van der Waals surface area (Å²) in [6.07, 6.45) is 0.959. The van der Waals surface area contributed by atoms with Crippen LogP contribution in [-0.2, 0) is 6.54 Å². The molecular weight excluding hydrogens is 214 g/mol. The maximum atomic E-state index is 5.48. The van der Waals surface area contributed by atoms with Gasteiger partial charge < -0.3 is 20.7 Å². The van der Waals surface area contributed by atoms with Crippen molar-refractivity contribution in [2.45, 2.75) is 13.0 Å². The van der Waals surface area contributed by atoms with Crippen molar-refractivity contribution in [1.82, 2.24) is 4.90 Å². The Kier molecular flexibility index (Phi) is 5.80. The molecule has 0 atom stereocenters. The van der Waals surface area contributed by atoms with E-state index in [0.29, 0.717) is 6.54 Å².